The lowest BCUT2D eigenvalue weighted by Gasteiger charge is -2.01. The second kappa shape index (κ2) is 13.8. The SMILES string of the molecule is O=C(O)CCCCCCCCCCCCCCl. The van der Waals surface area contributed by atoms with Crippen molar-refractivity contribution >= 4 is 17.6 Å². The van der Waals surface area contributed by atoms with E-state index in [1.54, 1.807) is 0 Å². The van der Waals surface area contributed by atoms with Gasteiger partial charge in [-0.05, 0) is 12.8 Å². The zero-order chi connectivity index (χ0) is 12.8. The molecule has 0 aliphatic carbocycles. The van der Waals surface area contributed by atoms with Crippen LogP contribution in [0.1, 0.15) is 77.0 Å². The number of carboxylic acid groups (broad SMARTS) is 1. The number of hydrogen-bond acceptors (Lipinski definition) is 1. The van der Waals surface area contributed by atoms with Crippen LogP contribution in [0.25, 0.3) is 0 Å². The highest BCUT2D eigenvalue weighted by Gasteiger charge is 1.96. The zero-order valence-corrected chi connectivity index (χ0v) is 11.7. The maximum absolute atomic E-state index is 10.3. The van der Waals surface area contributed by atoms with Gasteiger partial charge in [0.25, 0.3) is 0 Å². The Labute approximate surface area is 111 Å². The molecule has 0 saturated carbocycles. The molecule has 0 spiro atoms. The quantitative estimate of drug-likeness (QED) is 0.375. The van der Waals surface area contributed by atoms with Gasteiger partial charge in [0.2, 0.25) is 0 Å². The Kier molecular flexibility index (Phi) is 13.6. The topological polar surface area (TPSA) is 37.3 Å². The Hall–Kier alpha value is -0.240. The standard InChI is InChI=1S/C14H27ClO2/c15-13-11-9-7-5-3-1-2-4-6-8-10-12-14(16)17/h1-13H2,(H,16,17). The summed E-state index contributed by atoms with van der Waals surface area (Å²) in [6.07, 6.45) is 13.8. The van der Waals surface area contributed by atoms with Crippen molar-refractivity contribution < 1.29 is 9.90 Å². The average molecular weight is 263 g/mol. The second-order valence-electron chi connectivity index (χ2n) is 4.72. The number of hydrogen-bond donors (Lipinski definition) is 1. The molecule has 0 heterocycles. The average Bonchev–Trinajstić information content (AvgIpc) is 2.30. The normalized spacial score (nSPS) is 10.6. The fourth-order valence-electron chi connectivity index (χ4n) is 1.96. The van der Waals surface area contributed by atoms with Gasteiger partial charge in [0.15, 0.2) is 0 Å². The molecule has 0 saturated heterocycles. The molecule has 0 aromatic rings. The van der Waals surface area contributed by atoms with Crippen LogP contribution >= 0.6 is 11.6 Å². The van der Waals surface area contributed by atoms with Gasteiger partial charge in [-0.2, -0.15) is 0 Å². The number of alkyl halides is 1. The van der Waals surface area contributed by atoms with Crippen LogP contribution < -0.4 is 0 Å². The van der Waals surface area contributed by atoms with Crippen LogP contribution in [-0.4, -0.2) is 17.0 Å². The number of halogens is 1. The van der Waals surface area contributed by atoms with Crippen molar-refractivity contribution in [2.24, 2.45) is 0 Å². The lowest BCUT2D eigenvalue weighted by molar-refractivity contribution is -0.137. The summed E-state index contributed by atoms with van der Waals surface area (Å²) in [6, 6.07) is 0. The van der Waals surface area contributed by atoms with Crippen molar-refractivity contribution in [3.63, 3.8) is 0 Å². The summed E-state index contributed by atoms with van der Waals surface area (Å²) in [6.45, 7) is 0. The molecule has 0 amide bonds. The number of rotatable bonds is 13. The predicted molar refractivity (Wildman–Crippen MR) is 73.8 cm³/mol. The number of unbranched alkanes of at least 4 members (excludes halogenated alkanes) is 10. The molecule has 3 heteroatoms. The van der Waals surface area contributed by atoms with Crippen molar-refractivity contribution in [3.8, 4) is 0 Å². The molecule has 0 aromatic heterocycles. The molecule has 17 heavy (non-hydrogen) atoms. The van der Waals surface area contributed by atoms with Crippen LogP contribution in [-0.2, 0) is 4.79 Å². The molecule has 0 rings (SSSR count). The lowest BCUT2D eigenvalue weighted by Crippen LogP contribution is -1.93. The fraction of sp³-hybridized carbons (Fsp3) is 0.929. The summed E-state index contributed by atoms with van der Waals surface area (Å²) in [5.74, 6) is 0.137. The number of carbonyl (C=O) groups is 1. The van der Waals surface area contributed by atoms with E-state index in [0.717, 1.165) is 25.1 Å². The van der Waals surface area contributed by atoms with Crippen LogP contribution in [0.3, 0.4) is 0 Å². The number of aliphatic carboxylic acids is 1. The first-order chi connectivity index (χ1) is 8.27. The minimum absolute atomic E-state index is 0.334. The molecular formula is C14H27ClO2. The summed E-state index contributed by atoms with van der Waals surface area (Å²) in [5, 5.41) is 8.47. The Morgan fingerprint density at radius 2 is 1.06 bits per heavy atom. The molecule has 102 valence electrons. The molecule has 1 N–H and O–H groups in total. The van der Waals surface area contributed by atoms with E-state index in [4.69, 9.17) is 16.7 Å². The highest BCUT2D eigenvalue weighted by Crippen LogP contribution is 2.12. The molecule has 0 fully saturated rings. The van der Waals surface area contributed by atoms with Gasteiger partial charge in [-0.3, -0.25) is 4.79 Å². The maximum atomic E-state index is 10.3. The predicted octanol–water partition coefficient (Wildman–Crippen LogP) is 4.99. The first kappa shape index (κ1) is 16.8. The summed E-state index contributed by atoms with van der Waals surface area (Å²) in [7, 11) is 0. The van der Waals surface area contributed by atoms with E-state index in [9.17, 15) is 4.79 Å². The summed E-state index contributed by atoms with van der Waals surface area (Å²) in [4.78, 5) is 10.3. The molecule has 0 unspecified atom stereocenters. The zero-order valence-electron chi connectivity index (χ0n) is 10.9. The molecule has 0 aliphatic heterocycles. The van der Waals surface area contributed by atoms with Gasteiger partial charge in [0.05, 0.1) is 0 Å². The fourth-order valence-corrected chi connectivity index (χ4v) is 2.15. The van der Waals surface area contributed by atoms with E-state index in [2.05, 4.69) is 0 Å². The van der Waals surface area contributed by atoms with Crippen molar-refractivity contribution in [1.82, 2.24) is 0 Å². The van der Waals surface area contributed by atoms with Crippen LogP contribution in [0, 0.1) is 0 Å². The van der Waals surface area contributed by atoms with Gasteiger partial charge in [-0.1, -0.05) is 57.8 Å². The van der Waals surface area contributed by atoms with Crippen LogP contribution in [0.5, 0.6) is 0 Å². The monoisotopic (exact) mass is 262 g/mol. The third kappa shape index (κ3) is 15.8. The minimum Gasteiger partial charge on any atom is -0.481 e. The first-order valence-corrected chi connectivity index (χ1v) is 7.58. The van der Waals surface area contributed by atoms with Crippen molar-refractivity contribution in [1.29, 1.82) is 0 Å². The van der Waals surface area contributed by atoms with Crippen molar-refractivity contribution in [2.75, 3.05) is 5.88 Å². The Morgan fingerprint density at radius 3 is 1.41 bits per heavy atom. The van der Waals surface area contributed by atoms with E-state index < -0.39 is 5.97 Å². The highest BCUT2D eigenvalue weighted by molar-refractivity contribution is 6.17. The third-order valence-electron chi connectivity index (χ3n) is 3.02. The molecule has 0 bridgehead atoms. The van der Waals surface area contributed by atoms with Gasteiger partial charge in [-0.15, -0.1) is 11.6 Å². The molecule has 0 radical (unpaired) electrons. The lowest BCUT2D eigenvalue weighted by atomic mass is 10.1. The van der Waals surface area contributed by atoms with Crippen molar-refractivity contribution in [2.45, 2.75) is 77.0 Å². The maximum Gasteiger partial charge on any atom is 0.303 e. The van der Waals surface area contributed by atoms with Crippen LogP contribution in [0.2, 0.25) is 0 Å². The van der Waals surface area contributed by atoms with Gasteiger partial charge in [0, 0.05) is 12.3 Å². The second-order valence-corrected chi connectivity index (χ2v) is 5.10. The van der Waals surface area contributed by atoms with Gasteiger partial charge in [0.1, 0.15) is 0 Å². The molecular weight excluding hydrogens is 236 g/mol. The van der Waals surface area contributed by atoms with E-state index in [-0.39, 0.29) is 0 Å². The highest BCUT2D eigenvalue weighted by atomic mass is 35.5. The Bertz CT molecular complexity index is 172. The first-order valence-electron chi connectivity index (χ1n) is 7.05. The van der Waals surface area contributed by atoms with Crippen molar-refractivity contribution in [3.05, 3.63) is 0 Å². The van der Waals surface area contributed by atoms with E-state index in [1.807, 2.05) is 0 Å². The summed E-state index contributed by atoms with van der Waals surface area (Å²) >= 11 is 5.61. The largest absolute Gasteiger partial charge is 0.481 e. The molecule has 2 nitrogen and oxygen atoms in total. The third-order valence-corrected chi connectivity index (χ3v) is 3.29. The summed E-state index contributed by atoms with van der Waals surface area (Å²) < 4.78 is 0. The Morgan fingerprint density at radius 1 is 0.706 bits per heavy atom. The van der Waals surface area contributed by atoms with Crippen LogP contribution in [0.4, 0.5) is 0 Å². The van der Waals surface area contributed by atoms with E-state index in [1.165, 1.54) is 51.4 Å². The number of carboxylic acids is 1. The van der Waals surface area contributed by atoms with Gasteiger partial charge < -0.3 is 5.11 Å². The van der Waals surface area contributed by atoms with E-state index >= 15 is 0 Å². The molecule has 0 atom stereocenters. The van der Waals surface area contributed by atoms with Gasteiger partial charge >= 0.3 is 5.97 Å². The Balaban J connectivity index is 2.91. The van der Waals surface area contributed by atoms with Crippen LogP contribution in [0.15, 0.2) is 0 Å². The molecule has 0 aliphatic rings. The smallest absolute Gasteiger partial charge is 0.303 e. The molecule has 0 aromatic carbocycles. The minimum atomic E-state index is -0.665. The van der Waals surface area contributed by atoms with E-state index in [0.29, 0.717) is 6.42 Å². The summed E-state index contributed by atoms with van der Waals surface area (Å²) in [5.41, 5.74) is 0. The van der Waals surface area contributed by atoms with Gasteiger partial charge in [-0.25, -0.2) is 0 Å².